The van der Waals surface area contributed by atoms with Crippen LogP contribution in [0.5, 0.6) is 0 Å². The largest absolute Gasteiger partial charge is 0.496 e. The minimum absolute atomic E-state index is 0.976. The number of benzene rings is 2. The van der Waals surface area contributed by atoms with Crippen LogP contribution < -0.4 is 0 Å². The van der Waals surface area contributed by atoms with Crippen LogP contribution in [-0.2, 0) is 4.74 Å². The quantitative estimate of drug-likeness (QED) is 0.691. The molecule has 0 radical (unpaired) electrons. The summed E-state index contributed by atoms with van der Waals surface area (Å²) >= 11 is 0. The third-order valence-electron chi connectivity index (χ3n) is 2.89. The molecule has 0 aliphatic carbocycles. The van der Waals surface area contributed by atoms with Gasteiger partial charge >= 0.3 is 0 Å². The lowest BCUT2D eigenvalue weighted by atomic mass is 10.0. The molecule has 0 N–H and O–H groups in total. The van der Waals surface area contributed by atoms with E-state index in [1.165, 1.54) is 16.3 Å². The maximum atomic E-state index is 5.51. The fraction of sp³-hybridized carbons (Fsp3) is 0.250. The first-order valence-corrected chi connectivity index (χ1v) is 6.09. The molecule has 0 amide bonds. The van der Waals surface area contributed by atoms with Crippen LogP contribution in [-0.4, -0.2) is 7.11 Å². The lowest BCUT2D eigenvalue weighted by molar-refractivity contribution is 0.369. The van der Waals surface area contributed by atoms with Crippen LogP contribution in [0.1, 0.15) is 25.3 Å². The fourth-order valence-corrected chi connectivity index (χ4v) is 2.02. The lowest BCUT2D eigenvalue weighted by Gasteiger charge is -2.09. The van der Waals surface area contributed by atoms with Gasteiger partial charge in [0.1, 0.15) is 5.76 Å². The Morgan fingerprint density at radius 2 is 1.88 bits per heavy atom. The molecule has 0 aromatic heterocycles. The molecule has 0 aliphatic heterocycles. The normalized spacial score (nSPS) is 11.8. The molecule has 0 aliphatic rings. The third kappa shape index (κ3) is 2.50. The van der Waals surface area contributed by atoms with E-state index in [1.54, 1.807) is 7.11 Å². The summed E-state index contributed by atoms with van der Waals surface area (Å²) in [6, 6.07) is 14.7. The van der Waals surface area contributed by atoms with Gasteiger partial charge in [0.25, 0.3) is 0 Å². The predicted octanol–water partition coefficient (Wildman–Crippen LogP) is 4.63. The second-order valence-electron chi connectivity index (χ2n) is 4.09. The van der Waals surface area contributed by atoms with E-state index in [1.807, 2.05) is 0 Å². The Kier molecular flexibility index (Phi) is 3.81. The first-order valence-electron chi connectivity index (χ1n) is 6.09. The van der Waals surface area contributed by atoms with E-state index >= 15 is 0 Å². The number of unbranched alkanes of at least 4 members (excludes halogenated alkanes) is 1. The van der Waals surface area contributed by atoms with Gasteiger partial charge in [0.2, 0.25) is 0 Å². The summed E-state index contributed by atoms with van der Waals surface area (Å²) in [5.41, 5.74) is 1.18. The van der Waals surface area contributed by atoms with E-state index in [0.29, 0.717) is 0 Å². The fourth-order valence-electron chi connectivity index (χ4n) is 2.02. The molecule has 2 aromatic rings. The van der Waals surface area contributed by atoms with Crippen molar-refractivity contribution in [3.63, 3.8) is 0 Å². The van der Waals surface area contributed by atoms with Crippen LogP contribution in [0.4, 0.5) is 0 Å². The van der Waals surface area contributed by atoms with Gasteiger partial charge < -0.3 is 4.74 Å². The van der Waals surface area contributed by atoms with Crippen molar-refractivity contribution in [2.45, 2.75) is 19.8 Å². The Balaban J connectivity index is 2.53. The zero-order valence-corrected chi connectivity index (χ0v) is 10.4. The molecule has 0 unspecified atom stereocenters. The van der Waals surface area contributed by atoms with E-state index in [0.717, 1.165) is 18.6 Å². The molecule has 1 nitrogen and oxygen atoms in total. The molecular formula is C16H18O. The van der Waals surface area contributed by atoms with E-state index in [4.69, 9.17) is 4.74 Å². The molecule has 0 spiro atoms. The van der Waals surface area contributed by atoms with Crippen LogP contribution >= 0.6 is 0 Å². The van der Waals surface area contributed by atoms with Gasteiger partial charge in [-0.25, -0.2) is 0 Å². The molecule has 0 heterocycles. The van der Waals surface area contributed by atoms with E-state index in [-0.39, 0.29) is 0 Å². The van der Waals surface area contributed by atoms with Gasteiger partial charge in [0.15, 0.2) is 0 Å². The van der Waals surface area contributed by atoms with Gasteiger partial charge in [-0.2, -0.15) is 0 Å². The SMILES string of the molecule is CCCC=C(OC)c1cccc2ccccc12. The predicted molar refractivity (Wildman–Crippen MR) is 73.8 cm³/mol. The standard InChI is InChI=1S/C16H18O/c1-3-4-12-16(17-2)15-11-7-9-13-8-5-6-10-14(13)15/h5-12H,3-4H2,1-2H3. The van der Waals surface area contributed by atoms with Crippen molar-refractivity contribution in [2.75, 3.05) is 7.11 Å². The number of allylic oxidation sites excluding steroid dienone is 1. The van der Waals surface area contributed by atoms with Gasteiger partial charge in [0, 0.05) is 5.56 Å². The number of fused-ring (bicyclic) bond motifs is 1. The summed E-state index contributed by atoms with van der Waals surface area (Å²) in [6.45, 7) is 2.17. The van der Waals surface area contributed by atoms with Gasteiger partial charge in [-0.05, 0) is 23.3 Å². The van der Waals surface area contributed by atoms with Crippen molar-refractivity contribution in [3.8, 4) is 0 Å². The molecule has 2 aromatic carbocycles. The molecule has 88 valence electrons. The smallest absolute Gasteiger partial charge is 0.122 e. The third-order valence-corrected chi connectivity index (χ3v) is 2.89. The number of hydrogen-bond donors (Lipinski definition) is 0. The van der Waals surface area contributed by atoms with Gasteiger partial charge in [-0.15, -0.1) is 0 Å². The first kappa shape index (κ1) is 11.7. The Labute approximate surface area is 103 Å². The molecule has 1 heteroatoms. The van der Waals surface area contributed by atoms with Gasteiger partial charge in [-0.3, -0.25) is 0 Å². The van der Waals surface area contributed by atoms with Crippen LogP contribution in [0.25, 0.3) is 16.5 Å². The molecule has 0 bridgehead atoms. The number of hydrogen-bond acceptors (Lipinski definition) is 1. The molecule has 0 saturated carbocycles. The summed E-state index contributed by atoms with van der Waals surface area (Å²) in [6.07, 6.45) is 4.35. The highest BCUT2D eigenvalue weighted by atomic mass is 16.5. The van der Waals surface area contributed by atoms with Crippen LogP contribution in [0.2, 0.25) is 0 Å². The van der Waals surface area contributed by atoms with Crippen LogP contribution in [0.15, 0.2) is 48.5 Å². The number of methoxy groups -OCH3 is 1. The first-order chi connectivity index (χ1) is 8.36. The maximum absolute atomic E-state index is 5.51. The number of rotatable bonds is 4. The second kappa shape index (κ2) is 5.53. The highest BCUT2D eigenvalue weighted by Gasteiger charge is 2.05. The molecule has 17 heavy (non-hydrogen) atoms. The molecule has 0 saturated heterocycles. The highest BCUT2D eigenvalue weighted by molar-refractivity contribution is 5.92. The summed E-state index contributed by atoms with van der Waals surface area (Å²) in [7, 11) is 1.74. The Morgan fingerprint density at radius 1 is 1.12 bits per heavy atom. The summed E-state index contributed by atoms with van der Waals surface area (Å²) < 4.78 is 5.51. The van der Waals surface area contributed by atoms with E-state index < -0.39 is 0 Å². The average Bonchev–Trinajstić information content (AvgIpc) is 2.40. The number of ether oxygens (including phenoxy) is 1. The van der Waals surface area contributed by atoms with Crippen LogP contribution in [0.3, 0.4) is 0 Å². The molecule has 0 fully saturated rings. The zero-order valence-electron chi connectivity index (χ0n) is 10.4. The topological polar surface area (TPSA) is 9.23 Å². The summed E-state index contributed by atoms with van der Waals surface area (Å²) in [5, 5.41) is 2.50. The maximum Gasteiger partial charge on any atom is 0.122 e. The molecule has 0 atom stereocenters. The minimum Gasteiger partial charge on any atom is -0.496 e. The summed E-state index contributed by atoms with van der Waals surface area (Å²) in [5.74, 6) is 0.976. The van der Waals surface area contributed by atoms with Crippen molar-refractivity contribution in [3.05, 3.63) is 54.1 Å². The molecule has 2 rings (SSSR count). The van der Waals surface area contributed by atoms with Crippen molar-refractivity contribution in [1.29, 1.82) is 0 Å². The van der Waals surface area contributed by atoms with Crippen molar-refractivity contribution >= 4 is 16.5 Å². The van der Waals surface area contributed by atoms with Crippen molar-refractivity contribution < 1.29 is 4.74 Å². The average molecular weight is 226 g/mol. The molecular weight excluding hydrogens is 208 g/mol. The van der Waals surface area contributed by atoms with Crippen LogP contribution in [0, 0.1) is 0 Å². The minimum atomic E-state index is 0.976. The van der Waals surface area contributed by atoms with E-state index in [2.05, 4.69) is 55.5 Å². The Hall–Kier alpha value is -1.76. The zero-order chi connectivity index (χ0) is 12.1. The summed E-state index contributed by atoms with van der Waals surface area (Å²) in [4.78, 5) is 0. The van der Waals surface area contributed by atoms with Crippen molar-refractivity contribution in [2.24, 2.45) is 0 Å². The monoisotopic (exact) mass is 226 g/mol. The van der Waals surface area contributed by atoms with E-state index in [9.17, 15) is 0 Å². The van der Waals surface area contributed by atoms with Gasteiger partial charge in [-0.1, -0.05) is 55.8 Å². The second-order valence-corrected chi connectivity index (χ2v) is 4.09. The van der Waals surface area contributed by atoms with Gasteiger partial charge in [0.05, 0.1) is 7.11 Å². The lowest BCUT2D eigenvalue weighted by Crippen LogP contribution is -1.89. The van der Waals surface area contributed by atoms with Crippen molar-refractivity contribution in [1.82, 2.24) is 0 Å². The Bertz CT molecular complexity index is 521. The Morgan fingerprint density at radius 3 is 2.65 bits per heavy atom. The highest BCUT2D eigenvalue weighted by Crippen LogP contribution is 2.25.